The second kappa shape index (κ2) is 8.25. The van der Waals surface area contributed by atoms with E-state index < -0.39 is 17.7 Å². The molecule has 5 nitrogen and oxygen atoms in total. The van der Waals surface area contributed by atoms with Crippen molar-refractivity contribution >= 4 is 22.8 Å². The van der Waals surface area contributed by atoms with Crippen LogP contribution in [0.3, 0.4) is 0 Å². The number of ether oxygens (including phenoxy) is 1. The molecule has 2 aromatic rings. The third-order valence-corrected chi connectivity index (χ3v) is 4.29. The minimum absolute atomic E-state index is 0.143. The van der Waals surface area contributed by atoms with Gasteiger partial charge in [0.05, 0.1) is 5.57 Å². The van der Waals surface area contributed by atoms with Gasteiger partial charge in [-0.05, 0) is 56.9 Å². The third-order valence-electron chi connectivity index (χ3n) is 4.29. The van der Waals surface area contributed by atoms with Gasteiger partial charge in [-0.15, -0.1) is 0 Å². The Hall–Kier alpha value is -2.82. The fraction of sp³-hybridized carbons (Fsp3) is 0.364. The summed E-state index contributed by atoms with van der Waals surface area (Å²) in [4.78, 5) is 25.2. The predicted octanol–water partition coefficient (Wildman–Crippen LogP) is 5.00. The number of carbonyl (C=O) groups excluding carboxylic acids is 1. The molecule has 0 spiro atoms. The fourth-order valence-electron chi connectivity index (χ4n) is 2.83. The first kappa shape index (κ1) is 20.5. The number of allylic oxidation sites excluding steroid dienone is 1. The van der Waals surface area contributed by atoms with Crippen LogP contribution >= 0.6 is 0 Å². The first-order valence-electron chi connectivity index (χ1n) is 8.96. The van der Waals surface area contributed by atoms with E-state index in [0.29, 0.717) is 18.5 Å². The van der Waals surface area contributed by atoms with Crippen molar-refractivity contribution in [3.05, 3.63) is 59.3 Å². The summed E-state index contributed by atoms with van der Waals surface area (Å²) >= 11 is 0. The van der Waals surface area contributed by atoms with E-state index in [1.54, 1.807) is 27.8 Å². The Kier molecular flexibility index (Phi) is 6.26. The molecule has 0 aliphatic heterocycles. The van der Waals surface area contributed by atoms with Crippen LogP contribution in [-0.4, -0.2) is 34.7 Å². The van der Waals surface area contributed by atoms with Gasteiger partial charge < -0.3 is 9.84 Å². The highest BCUT2D eigenvalue weighted by atomic mass is 16.6. The lowest BCUT2D eigenvalue weighted by Gasteiger charge is -2.27. The number of benzene rings is 2. The van der Waals surface area contributed by atoms with Crippen molar-refractivity contribution in [3.8, 4) is 0 Å². The van der Waals surface area contributed by atoms with Gasteiger partial charge in [0.25, 0.3) is 0 Å². The maximum Gasteiger partial charge on any atom is 0.414 e. The van der Waals surface area contributed by atoms with E-state index in [9.17, 15) is 14.7 Å². The molecule has 27 heavy (non-hydrogen) atoms. The Balaban J connectivity index is 2.23. The average Bonchev–Trinajstić information content (AvgIpc) is 2.59. The molecule has 0 atom stereocenters. The Morgan fingerprint density at radius 3 is 2.30 bits per heavy atom. The number of amides is 1. The van der Waals surface area contributed by atoms with Gasteiger partial charge in [0.2, 0.25) is 0 Å². The number of hydrogen-bond acceptors (Lipinski definition) is 3. The zero-order valence-corrected chi connectivity index (χ0v) is 16.6. The topological polar surface area (TPSA) is 66.8 Å². The van der Waals surface area contributed by atoms with Crippen molar-refractivity contribution in [2.24, 2.45) is 0 Å². The molecule has 0 saturated heterocycles. The van der Waals surface area contributed by atoms with E-state index in [2.05, 4.69) is 18.2 Å². The molecule has 5 heteroatoms. The van der Waals surface area contributed by atoms with Crippen LogP contribution in [0.1, 0.15) is 39.7 Å². The number of carboxylic acid groups (broad SMARTS) is 1. The molecule has 0 unspecified atom stereocenters. The molecule has 144 valence electrons. The molecular formula is C22H27NO4. The summed E-state index contributed by atoms with van der Waals surface area (Å²) in [5.74, 6) is -1.04. The van der Waals surface area contributed by atoms with Crippen molar-refractivity contribution in [3.63, 3.8) is 0 Å². The second-order valence-corrected chi connectivity index (χ2v) is 7.60. The van der Waals surface area contributed by atoms with E-state index >= 15 is 0 Å². The summed E-state index contributed by atoms with van der Waals surface area (Å²) in [6.07, 6.45) is 0.487. The Morgan fingerprint density at radius 1 is 1.07 bits per heavy atom. The summed E-state index contributed by atoms with van der Waals surface area (Å²) in [6.45, 7) is 6.85. The van der Waals surface area contributed by atoms with Crippen LogP contribution in [0.15, 0.2) is 53.7 Å². The average molecular weight is 369 g/mol. The van der Waals surface area contributed by atoms with E-state index in [4.69, 9.17) is 4.74 Å². The van der Waals surface area contributed by atoms with Crippen LogP contribution in [0, 0.1) is 0 Å². The predicted molar refractivity (Wildman–Crippen MR) is 107 cm³/mol. The number of carboxylic acids is 1. The highest BCUT2D eigenvalue weighted by Crippen LogP contribution is 2.22. The van der Waals surface area contributed by atoms with E-state index in [0.717, 1.165) is 16.3 Å². The van der Waals surface area contributed by atoms with Gasteiger partial charge in [-0.1, -0.05) is 42.5 Å². The number of aliphatic carboxylic acids is 1. The van der Waals surface area contributed by atoms with Crippen molar-refractivity contribution in [2.75, 3.05) is 7.05 Å². The van der Waals surface area contributed by atoms with Crippen molar-refractivity contribution in [1.29, 1.82) is 0 Å². The quantitative estimate of drug-likeness (QED) is 0.753. The highest BCUT2D eigenvalue weighted by molar-refractivity contribution is 5.88. The van der Waals surface area contributed by atoms with Crippen molar-refractivity contribution < 1.29 is 19.4 Å². The number of nitrogens with zero attached hydrogens (tertiary/aromatic N) is 1. The highest BCUT2D eigenvalue weighted by Gasteiger charge is 2.24. The Labute approximate surface area is 160 Å². The van der Waals surface area contributed by atoms with Crippen LogP contribution in [0.25, 0.3) is 10.8 Å². The maximum atomic E-state index is 12.4. The third kappa shape index (κ3) is 5.58. The van der Waals surface area contributed by atoms with Crippen LogP contribution in [0.2, 0.25) is 0 Å². The largest absolute Gasteiger partial charge is 0.478 e. The summed E-state index contributed by atoms with van der Waals surface area (Å²) in [5.41, 5.74) is 1.03. The maximum absolute atomic E-state index is 12.4. The van der Waals surface area contributed by atoms with Crippen LogP contribution in [0.4, 0.5) is 4.79 Å². The van der Waals surface area contributed by atoms with Gasteiger partial charge in [-0.25, -0.2) is 9.59 Å². The molecule has 0 aliphatic rings. The summed E-state index contributed by atoms with van der Waals surface area (Å²) in [7, 11) is 1.55. The zero-order chi connectivity index (χ0) is 20.2. The van der Waals surface area contributed by atoms with Gasteiger partial charge in [-0.2, -0.15) is 0 Å². The van der Waals surface area contributed by atoms with Gasteiger partial charge >= 0.3 is 12.1 Å². The molecule has 0 bridgehead atoms. The van der Waals surface area contributed by atoms with E-state index in [1.165, 1.54) is 11.8 Å². The monoisotopic (exact) mass is 369 g/mol. The van der Waals surface area contributed by atoms with Crippen LogP contribution in [0.5, 0.6) is 0 Å². The lowest BCUT2D eigenvalue weighted by molar-refractivity contribution is -0.132. The smallest absolute Gasteiger partial charge is 0.414 e. The van der Waals surface area contributed by atoms with E-state index in [1.807, 2.05) is 24.3 Å². The molecule has 1 amide bonds. The minimum atomic E-state index is -1.04. The van der Waals surface area contributed by atoms with Gasteiger partial charge in [0.1, 0.15) is 5.60 Å². The summed E-state index contributed by atoms with van der Waals surface area (Å²) < 4.78 is 5.38. The molecule has 0 aliphatic carbocycles. The number of hydrogen-bond donors (Lipinski definition) is 1. The van der Waals surface area contributed by atoms with Crippen LogP contribution in [-0.2, 0) is 16.0 Å². The first-order chi connectivity index (χ1) is 12.6. The number of carbonyl (C=O) groups is 2. The number of aryl methyl sites for hydroxylation is 1. The Morgan fingerprint density at radius 2 is 1.70 bits per heavy atom. The summed E-state index contributed by atoms with van der Waals surface area (Å²) in [6, 6.07) is 14.3. The molecule has 2 aromatic carbocycles. The zero-order valence-electron chi connectivity index (χ0n) is 16.6. The lowest BCUT2D eigenvalue weighted by Crippen LogP contribution is -2.34. The molecule has 0 fully saturated rings. The van der Waals surface area contributed by atoms with E-state index in [-0.39, 0.29) is 5.57 Å². The Bertz CT molecular complexity index is 877. The standard InChI is InChI=1S/C22H27NO4/c1-15(20(24)25)19(23(5)21(26)27-22(2,3)4)13-11-16-10-12-17-8-6-7-9-18(17)14-16/h6-10,12,14H,11,13H2,1-5H3,(H,24,25)/b19-15+. The van der Waals surface area contributed by atoms with Gasteiger partial charge in [0, 0.05) is 12.7 Å². The van der Waals surface area contributed by atoms with Crippen molar-refractivity contribution in [2.45, 2.75) is 46.1 Å². The summed E-state index contributed by atoms with van der Waals surface area (Å²) in [5, 5.41) is 11.7. The van der Waals surface area contributed by atoms with Crippen molar-refractivity contribution in [1.82, 2.24) is 4.90 Å². The SMILES string of the molecule is C/C(C(=O)O)=C(/CCc1ccc2ccccc2c1)N(C)C(=O)OC(C)(C)C. The molecule has 1 N–H and O–H groups in total. The van der Waals surface area contributed by atoms with Crippen LogP contribution < -0.4 is 0 Å². The van der Waals surface area contributed by atoms with Gasteiger partial charge in [0.15, 0.2) is 0 Å². The molecule has 2 rings (SSSR count). The second-order valence-electron chi connectivity index (χ2n) is 7.60. The number of rotatable bonds is 5. The molecule has 0 radical (unpaired) electrons. The normalized spacial score (nSPS) is 12.5. The fourth-order valence-corrected chi connectivity index (χ4v) is 2.83. The van der Waals surface area contributed by atoms with Gasteiger partial charge in [-0.3, -0.25) is 4.90 Å². The molecular weight excluding hydrogens is 342 g/mol. The lowest BCUT2D eigenvalue weighted by atomic mass is 10.0. The minimum Gasteiger partial charge on any atom is -0.478 e. The molecule has 0 saturated carbocycles. The first-order valence-corrected chi connectivity index (χ1v) is 8.96. The number of fused-ring (bicyclic) bond motifs is 1. The molecule has 0 aromatic heterocycles. The molecule has 0 heterocycles.